The molecular weight excluding hydrogens is 438 g/mol. The van der Waals surface area contributed by atoms with Gasteiger partial charge in [-0.05, 0) is 53.6 Å². The molecule has 1 heterocycles. The largest absolute Gasteiger partial charge is 0.495 e. The van der Waals surface area contributed by atoms with E-state index in [1.165, 1.54) is 6.33 Å². The molecule has 4 rings (SSSR count). The van der Waals surface area contributed by atoms with Gasteiger partial charge in [0.2, 0.25) is 5.88 Å². The van der Waals surface area contributed by atoms with E-state index in [0.29, 0.717) is 35.2 Å². The lowest BCUT2D eigenvalue weighted by atomic mass is 10.0. The summed E-state index contributed by atoms with van der Waals surface area (Å²) in [6.45, 7) is 0. The lowest BCUT2D eigenvalue weighted by molar-refractivity contribution is -0.117. The number of hydrogen-bond acceptors (Lipinski definition) is 6. The fourth-order valence-electron chi connectivity index (χ4n) is 3.50. The number of carbonyl (C=O) groups is 1. The van der Waals surface area contributed by atoms with Crippen molar-refractivity contribution in [3.8, 4) is 17.4 Å². The van der Waals surface area contributed by atoms with Crippen LogP contribution in [-0.2, 0) is 17.6 Å². The van der Waals surface area contributed by atoms with Crippen LogP contribution in [0.15, 0.2) is 67.0 Å². The van der Waals surface area contributed by atoms with Crippen molar-refractivity contribution in [2.75, 3.05) is 26.1 Å². The van der Waals surface area contributed by atoms with E-state index in [1.807, 2.05) is 67.5 Å². The van der Waals surface area contributed by atoms with E-state index in [4.69, 9.17) is 21.1 Å². The molecule has 0 N–H and O–H groups in total. The SMILES string of the molecule is COc1ccc(CC(=O)Cc2ccc(Oc3ncnc4cc(N(C)C)ccc34)cc2)cc1Cl. The first-order chi connectivity index (χ1) is 15.9. The zero-order chi connectivity index (χ0) is 23.4. The number of ether oxygens (including phenoxy) is 2. The van der Waals surface area contributed by atoms with Gasteiger partial charge in [-0.15, -0.1) is 0 Å². The Morgan fingerprint density at radius 1 is 0.939 bits per heavy atom. The molecule has 0 fully saturated rings. The molecule has 0 spiro atoms. The van der Waals surface area contributed by atoms with Crippen molar-refractivity contribution in [1.29, 1.82) is 0 Å². The van der Waals surface area contributed by atoms with E-state index in [0.717, 1.165) is 27.7 Å². The normalized spacial score (nSPS) is 10.8. The van der Waals surface area contributed by atoms with Crippen molar-refractivity contribution in [1.82, 2.24) is 9.97 Å². The van der Waals surface area contributed by atoms with Gasteiger partial charge in [0.05, 0.1) is 23.0 Å². The van der Waals surface area contributed by atoms with Crippen LogP contribution in [-0.4, -0.2) is 37.0 Å². The topological polar surface area (TPSA) is 64.5 Å². The van der Waals surface area contributed by atoms with Crippen molar-refractivity contribution in [3.63, 3.8) is 0 Å². The Morgan fingerprint density at radius 2 is 1.67 bits per heavy atom. The summed E-state index contributed by atoms with van der Waals surface area (Å²) in [7, 11) is 5.53. The van der Waals surface area contributed by atoms with Gasteiger partial charge in [-0.2, -0.15) is 0 Å². The predicted octanol–water partition coefficient (Wildman–Crippen LogP) is 5.50. The van der Waals surface area contributed by atoms with Crippen LogP contribution < -0.4 is 14.4 Å². The number of anilines is 1. The van der Waals surface area contributed by atoms with Gasteiger partial charge in [-0.1, -0.05) is 29.8 Å². The standard InChI is InChI=1S/C26H24ClN3O3/c1-30(2)19-7-10-22-24(15-19)28-16-29-26(22)33-21-8-4-17(5-9-21)12-20(31)13-18-6-11-25(32-3)23(27)14-18/h4-11,14-16H,12-13H2,1-3H3. The third-order valence-electron chi connectivity index (χ3n) is 5.26. The second kappa shape index (κ2) is 9.88. The summed E-state index contributed by atoms with van der Waals surface area (Å²) in [6, 6.07) is 18.8. The smallest absolute Gasteiger partial charge is 0.230 e. The molecule has 0 aliphatic carbocycles. The molecule has 0 amide bonds. The number of Topliss-reactive ketones (excluding diaryl/α,β-unsaturated/α-hetero) is 1. The number of fused-ring (bicyclic) bond motifs is 1. The highest BCUT2D eigenvalue weighted by Crippen LogP contribution is 2.29. The van der Waals surface area contributed by atoms with E-state index >= 15 is 0 Å². The fraction of sp³-hybridized carbons (Fsp3) is 0.192. The van der Waals surface area contributed by atoms with Crippen molar-refractivity contribution in [3.05, 3.63) is 83.1 Å². The van der Waals surface area contributed by atoms with Crippen LogP contribution in [0.4, 0.5) is 5.69 Å². The monoisotopic (exact) mass is 461 g/mol. The van der Waals surface area contributed by atoms with E-state index in [9.17, 15) is 4.79 Å². The van der Waals surface area contributed by atoms with Crippen molar-refractivity contribution in [2.45, 2.75) is 12.8 Å². The van der Waals surface area contributed by atoms with Gasteiger partial charge >= 0.3 is 0 Å². The molecule has 33 heavy (non-hydrogen) atoms. The van der Waals surface area contributed by atoms with Crippen LogP contribution in [0.25, 0.3) is 10.9 Å². The lowest BCUT2D eigenvalue weighted by Crippen LogP contribution is -2.08. The Balaban J connectivity index is 1.42. The van der Waals surface area contributed by atoms with Crippen LogP contribution in [0.3, 0.4) is 0 Å². The summed E-state index contributed by atoms with van der Waals surface area (Å²) in [5.74, 6) is 1.83. The fourth-order valence-corrected chi connectivity index (χ4v) is 3.79. The van der Waals surface area contributed by atoms with Gasteiger partial charge in [0.15, 0.2) is 0 Å². The molecule has 0 unspecified atom stereocenters. The van der Waals surface area contributed by atoms with Gasteiger partial charge in [-0.25, -0.2) is 9.97 Å². The van der Waals surface area contributed by atoms with Crippen molar-refractivity contribution < 1.29 is 14.3 Å². The van der Waals surface area contributed by atoms with Crippen LogP contribution in [0.1, 0.15) is 11.1 Å². The van der Waals surface area contributed by atoms with E-state index in [1.54, 1.807) is 19.2 Å². The first kappa shape index (κ1) is 22.6. The van der Waals surface area contributed by atoms with Crippen LogP contribution in [0.2, 0.25) is 5.02 Å². The molecule has 7 heteroatoms. The summed E-state index contributed by atoms with van der Waals surface area (Å²) in [6.07, 6.45) is 2.13. The minimum Gasteiger partial charge on any atom is -0.495 e. The first-order valence-corrected chi connectivity index (χ1v) is 10.8. The number of hydrogen-bond donors (Lipinski definition) is 0. The van der Waals surface area contributed by atoms with Gasteiger partial charge in [0, 0.05) is 32.6 Å². The highest BCUT2D eigenvalue weighted by molar-refractivity contribution is 6.32. The molecule has 3 aromatic carbocycles. The molecule has 4 aromatic rings. The molecular formula is C26H24ClN3O3. The third kappa shape index (κ3) is 5.41. The summed E-state index contributed by atoms with van der Waals surface area (Å²) < 4.78 is 11.2. The third-order valence-corrected chi connectivity index (χ3v) is 5.55. The molecule has 0 radical (unpaired) electrons. The van der Waals surface area contributed by atoms with Crippen molar-refractivity contribution >= 4 is 34.0 Å². The lowest BCUT2D eigenvalue weighted by Gasteiger charge is -2.13. The Morgan fingerprint density at radius 3 is 2.36 bits per heavy atom. The first-order valence-electron chi connectivity index (χ1n) is 10.5. The molecule has 0 atom stereocenters. The second-order valence-corrected chi connectivity index (χ2v) is 8.29. The molecule has 1 aromatic heterocycles. The maximum absolute atomic E-state index is 12.5. The van der Waals surface area contributed by atoms with Gasteiger partial charge in [0.1, 0.15) is 23.6 Å². The molecule has 0 saturated carbocycles. The number of carbonyl (C=O) groups excluding carboxylic acids is 1. The number of halogens is 1. The molecule has 0 bridgehead atoms. The average molecular weight is 462 g/mol. The zero-order valence-electron chi connectivity index (χ0n) is 18.7. The molecule has 0 saturated heterocycles. The summed E-state index contributed by atoms with van der Waals surface area (Å²) in [4.78, 5) is 23.2. The quantitative estimate of drug-likeness (QED) is 0.345. The number of aromatic nitrogens is 2. The van der Waals surface area contributed by atoms with Crippen LogP contribution >= 0.6 is 11.6 Å². The Labute approximate surface area is 197 Å². The Hall–Kier alpha value is -3.64. The summed E-state index contributed by atoms with van der Waals surface area (Å²) in [5.41, 5.74) is 3.64. The van der Waals surface area contributed by atoms with Gasteiger partial charge in [0.25, 0.3) is 0 Å². The Bertz CT molecular complexity index is 1290. The summed E-state index contributed by atoms with van der Waals surface area (Å²) >= 11 is 6.15. The molecule has 0 aliphatic rings. The van der Waals surface area contributed by atoms with E-state index < -0.39 is 0 Å². The second-order valence-electron chi connectivity index (χ2n) is 7.88. The number of ketones is 1. The number of nitrogens with zero attached hydrogens (tertiary/aromatic N) is 3. The van der Waals surface area contributed by atoms with E-state index in [2.05, 4.69) is 9.97 Å². The predicted molar refractivity (Wildman–Crippen MR) is 131 cm³/mol. The summed E-state index contributed by atoms with van der Waals surface area (Å²) in [5, 5.41) is 1.33. The van der Waals surface area contributed by atoms with Gasteiger partial charge < -0.3 is 14.4 Å². The number of methoxy groups -OCH3 is 1. The van der Waals surface area contributed by atoms with Gasteiger partial charge in [-0.3, -0.25) is 4.79 Å². The zero-order valence-corrected chi connectivity index (χ0v) is 19.5. The number of rotatable bonds is 8. The van der Waals surface area contributed by atoms with Crippen LogP contribution in [0.5, 0.6) is 17.4 Å². The molecule has 6 nitrogen and oxygen atoms in total. The average Bonchev–Trinajstić information content (AvgIpc) is 2.80. The van der Waals surface area contributed by atoms with Crippen molar-refractivity contribution in [2.24, 2.45) is 0 Å². The highest BCUT2D eigenvalue weighted by atomic mass is 35.5. The maximum atomic E-state index is 12.5. The molecule has 168 valence electrons. The van der Waals surface area contributed by atoms with E-state index in [-0.39, 0.29) is 5.78 Å². The number of benzene rings is 3. The maximum Gasteiger partial charge on any atom is 0.230 e. The molecule has 0 aliphatic heterocycles. The van der Waals surface area contributed by atoms with Crippen LogP contribution in [0, 0.1) is 0 Å². The minimum atomic E-state index is 0.100. The highest BCUT2D eigenvalue weighted by Gasteiger charge is 2.10. The minimum absolute atomic E-state index is 0.100. The Kier molecular flexibility index (Phi) is 6.75.